The summed E-state index contributed by atoms with van der Waals surface area (Å²) in [5.41, 5.74) is 18.9. The van der Waals surface area contributed by atoms with E-state index in [0.29, 0.717) is 5.02 Å². The number of halogens is 1. The Morgan fingerprint density at radius 3 is 0.938 bits per heavy atom. The van der Waals surface area contributed by atoms with Gasteiger partial charge in [-0.15, -0.1) is 0 Å². The van der Waals surface area contributed by atoms with Gasteiger partial charge in [0.05, 0.1) is 22.1 Å². The molecule has 10 aromatic carbocycles. The van der Waals surface area contributed by atoms with Crippen molar-refractivity contribution in [2.45, 2.75) is 0 Å². The first-order chi connectivity index (χ1) is 31.7. The zero-order valence-electron chi connectivity index (χ0n) is 35.0. The molecule has 3 nitrogen and oxygen atoms in total. The number of benzene rings is 10. The number of rotatable bonds is 9. The smallest absolute Gasteiger partial charge is 0.0648 e. The van der Waals surface area contributed by atoms with Crippen LogP contribution in [-0.2, 0) is 0 Å². The van der Waals surface area contributed by atoms with Gasteiger partial charge >= 0.3 is 0 Å². The maximum Gasteiger partial charge on any atom is 0.0648 e. The molecule has 1 aliphatic heterocycles. The van der Waals surface area contributed by atoms with Gasteiger partial charge in [0, 0.05) is 45.3 Å². The Kier molecular flexibility index (Phi) is 10.3. The molecule has 0 saturated heterocycles. The topological polar surface area (TPSA) is 9.72 Å². The monoisotopic (exact) mass is 839 g/mol. The van der Waals surface area contributed by atoms with Crippen LogP contribution in [0.2, 0.25) is 5.02 Å². The van der Waals surface area contributed by atoms with Crippen LogP contribution in [0.15, 0.2) is 255 Å². The number of hydrogen-bond acceptors (Lipinski definition) is 3. The molecule has 10 aromatic rings. The van der Waals surface area contributed by atoms with Gasteiger partial charge in [0.2, 0.25) is 0 Å². The lowest BCUT2D eigenvalue weighted by atomic mass is 9.91. The Bertz CT molecular complexity index is 2930. The summed E-state index contributed by atoms with van der Waals surface area (Å²) in [6, 6.07) is 90.5. The van der Waals surface area contributed by atoms with Gasteiger partial charge in [0.1, 0.15) is 0 Å². The molecule has 0 N–H and O–H groups in total. The maximum absolute atomic E-state index is 7.12. The minimum atomic E-state index is 0.687. The number of anilines is 9. The minimum absolute atomic E-state index is 0.687. The van der Waals surface area contributed by atoms with Gasteiger partial charge in [-0.2, -0.15) is 0 Å². The zero-order valence-corrected chi connectivity index (χ0v) is 35.7. The van der Waals surface area contributed by atoms with E-state index in [1.54, 1.807) is 0 Å². The van der Waals surface area contributed by atoms with E-state index in [9.17, 15) is 0 Å². The van der Waals surface area contributed by atoms with Crippen LogP contribution in [0.3, 0.4) is 0 Å². The third-order valence-electron chi connectivity index (χ3n) is 12.1. The second kappa shape index (κ2) is 17.0. The Morgan fingerprint density at radius 2 is 0.562 bits per heavy atom. The highest BCUT2D eigenvalue weighted by Gasteiger charge is 2.28. The van der Waals surface area contributed by atoms with Crippen molar-refractivity contribution < 1.29 is 0 Å². The fourth-order valence-electron chi connectivity index (χ4n) is 9.04. The van der Waals surface area contributed by atoms with Crippen molar-refractivity contribution in [3.05, 3.63) is 260 Å². The van der Waals surface area contributed by atoms with Crippen molar-refractivity contribution in [3.63, 3.8) is 0 Å². The summed E-state index contributed by atoms with van der Waals surface area (Å²) in [5, 5.41) is 0.687. The quantitative estimate of drug-likeness (QED) is 0.143. The molecule has 0 aromatic heterocycles. The van der Waals surface area contributed by atoms with Crippen molar-refractivity contribution in [2.24, 2.45) is 0 Å². The maximum atomic E-state index is 7.12. The normalized spacial score (nSPS) is 11.5. The number of para-hydroxylation sites is 5. The molecule has 64 heavy (non-hydrogen) atoms. The molecule has 304 valence electrons. The van der Waals surface area contributed by atoms with Gasteiger partial charge < -0.3 is 14.7 Å². The highest BCUT2D eigenvalue weighted by Crippen LogP contribution is 2.53. The lowest BCUT2D eigenvalue weighted by molar-refractivity contribution is 1.28. The average Bonchev–Trinajstić information content (AvgIpc) is 3.48. The number of hydrogen-bond donors (Lipinski definition) is 0. The molecule has 0 aliphatic carbocycles. The van der Waals surface area contributed by atoms with Gasteiger partial charge in [-0.25, -0.2) is 0 Å². The van der Waals surface area contributed by atoms with E-state index in [4.69, 9.17) is 11.6 Å². The fraction of sp³-hybridized carbons (Fsp3) is 0. The highest BCUT2D eigenvalue weighted by atomic mass is 35.5. The van der Waals surface area contributed by atoms with E-state index in [0.717, 1.165) is 84.6 Å². The van der Waals surface area contributed by atoms with E-state index >= 15 is 0 Å². The first-order valence-electron chi connectivity index (χ1n) is 21.6. The second-order valence-corrected chi connectivity index (χ2v) is 16.3. The van der Waals surface area contributed by atoms with Crippen molar-refractivity contribution in [1.29, 1.82) is 0 Å². The van der Waals surface area contributed by atoms with Crippen LogP contribution in [0.4, 0.5) is 51.2 Å². The molecule has 0 spiro atoms. The van der Waals surface area contributed by atoms with Crippen LogP contribution in [-0.4, -0.2) is 0 Å². The van der Waals surface area contributed by atoms with Crippen LogP contribution >= 0.6 is 11.6 Å². The molecule has 1 heterocycles. The average molecular weight is 840 g/mol. The van der Waals surface area contributed by atoms with Crippen molar-refractivity contribution in [2.75, 3.05) is 14.7 Å². The fourth-order valence-corrected chi connectivity index (χ4v) is 9.26. The van der Waals surface area contributed by atoms with Gasteiger partial charge in [0.15, 0.2) is 0 Å². The van der Waals surface area contributed by atoms with Gasteiger partial charge in [0.25, 0.3) is 0 Å². The highest BCUT2D eigenvalue weighted by molar-refractivity contribution is 6.33. The first-order valence-corrected chi connectivity index (χ1v) is 22.0. The molecule has 4 heteroatoms. The summed E-state index contributed by atoms with van der Waals surface area (Å²) >= 11 is 7.12. The SMILES string of the molecule is Clc1ccccc1N1c2ccc(-c3ccc(N(c4ccccc4)c4ccccc4)cc3)cc2-c2ccccc2-c2cc(-c3ccc(N(c4ccccc4)c4ccccc4)cc3)ccc21. The minimum Gasteiger partial charge on any atom is -0.311 e. The van der Waals surface area contributed by atoms with Crippen LogP contribution in [0.1, 0.15) is 0 Å². The molecule has 1 aliphatic rings. The van der Waals surface area contributed by atoms with Crippen molar-refractivity contribution in [1.82, 2.24) is 0 Å². The van der Waals surface area contributed by atoms with Gasteiger partial charge in [-0.05, 0) is 143 Å². The van der Waals surface area contributed by atoms with E-state index in [-0.39, 0.29) is 0 Å². The third-order valence-corrected chi connectivity index (χ3v) is 12.4. The lowest BCUT2D eigenvalue weighted by Gasteiger charge is -2.29. The molecule has 0 amide bonds. The summed E-state index contributed by atoms with van der Waals surface area (Å²) in [4.78, 5) is 6.92. The van der Waals surface area contributed by atoms with E-state index in [1.165, 1.54) is 11.1 Å². The predicted octanol–water partition coefficient (Wildman–Crippen LogP) is 17.7. The van der Waals surface area contributed by atoms with E-state index in [1.807, 2.05) is 12.1 Å². The van der Waals surface area contributed by atoms with E-state index < -0.39 is 0 Å². The molecule has 0 saturated carbocycles. The second-order valence-electron chi connectivity index (χ2n) is 15.9. The summed E-state index contributed by atoms with van der Waals surface area (Å²) in [6.45, 7) is 0. The summed E-state index contributed by atoms with van der Waals surface area (Å²) in [6.07, 6.45) is 0. The molecule has 11 rings (SSSR count). The third kappa shape index (κ3) is 7.28. The molecular formula is C60H42ClN3. The molecule has 0 atom stereocenters. The summed E-state index contributed by atoms with van der Waals surface area (Å²) in [7, 11) is 0. The Hall–Kier alpha value is -8.11. The molecule has 0 unspecified atom stereocenters. The predicted molar refractivity (Wildman–Crippen MR) is 271 cm³/mol. The van der Waals surface area contributed by atoms with Crippen LogP contribution in [0, 0.1) is 0 Å². The van der Waals surface area contributed by atoms with Gasteiger partial charge in [-0.3, -0.25) is 0 Å². The van der Waals surface area contributed by atoms with Gasteiger partial charge in [-0.1, -0.05) is 157 Å². The summed E-state index contributed by atoms with van der Waals surface area (Å²) < 4.78 is 0. The lowest BCUT2D eigenvalue weighted by Crippen LogP contribution is -2.11. The molecule has 0 radical (unpaired) electrons. The zero-order chi connectivity index (χ0) is 42.8. The molecule has 0 fully saturated rings. The Labute approximate surface area is 380 Å². The number of nitrogens with zero attached hydrogens (tertiary/aromatic N) is 3. The summed E-state index contributed by atoms with van der Waals surface area (Å²) in [5.74, 6) is 0. The Balaban J connectivity index is 1.01. The first kappa shape index (κ1) is 38.8. The standard InChI is InChI=1S/C60H42ClN3/c61-57-27-15-16-28-60(57)64-58-39-33-45(43-29-35-51(36-30-43)62(47-17-5-1-6-18-47)48-19-7-2-8-20-48)41-55(58)53-25-13-14-26-54(53)56-42-46(34-40-59(56)64)44-31-37-52(38-32-44)63(49-21-9-3-10-22-49)50-23-11-4-12-24-50/h1-42H. The van der Waals surface area contributed by atoms with Crippen molar-refractivity contribution >= 4 is 62.8 Å². The van der Waals surface area contributed by atoms with Crippen molar-refractivity contribution in [3.8, 4) is 44.5 Å². The van der Waals surface area contributed by atoms with Crippen LogP contribution in [0.5, 0.6) is 0 Å². The molecule has 0 bridgehead atoms. The van der Waals surface area contributed by atoms with Crippen LogP contribution in [0.25, 0.3) is 44.5 Å². The Morgan fingerprint density at radius 1 is 0.250 bits per heavy atom. The van der Waals surface area contributed by atoms with Crippen LogP contribution < -0.4 is 14.7 Å². The van der Waals surface area contributed by atoms with E-state index in [2.05, 4.69) is 257 Å². The number of fused-ring (bicyclic) bond motifs is 5. The largest absolute Gasteiger partial charge is 0.311 e. The molecular weight excluding hydrogens is 798 g/mol.